The number of amides is 2. The van der Waals surface area contributed by atoms with Gasteiger partial charge in [0.15, 0.2) is 23.0 Å². The average molecular weight is 450 g/mol. The van der Waals surface area contributed by atoms with Crippen molar-refractivity contribution in [1.29, 1.82) is 0 Å². The molecule has 8 heteroatoms. The molecule has 2 amide bonds. The molecular weight excluding hydrogens is 424 g/mol. The van der Waals surface area contributed by atoms with E-state index < -0.39 is 0 Å². The van der Waals surface area contributed by atoms with E-state index in [1.807, 2.05) is 50.2 Å². The lowest BCUT2D eigenvalue weighted by molar-refractivity contribution is -0.116. The van der Waals surface area contributed by atoms with Crippen molar-refractivity contribution >= 4 is 24.0 Å². The van der Waals surface area contributed by atoms with Crippen molar-refractivity contribution in [2.24, 2.45) is 5.41 Å². The van der Waals surface area contributed by atoms with E-state index in [9.17, 15) is 9.59 Å². The van der Waals surface area contributed by atoms with Crippen LogP contribution in [0.1, 0.15) is 25.0 Å². The first-order chi connectivity index (χ1) is 15.9. The van der Waals surface area contributed by atoms with Gasteiger partial charge in [0, 0.05) is 25.2 Å². The first kappa shape index (κ1) is 22.3. The SMILES string of the molecule is CC(C)(CNC(=O)/C=C/c1ccc2c(c1)OCO2)CNC(=O)/C=C/c1ccc2c(c1)OCO2. The van der Waals surface area contributed by atoms with Crippen molar-refractivity contribution in [2.75, 3.05) is 26.7 Å². The number of hydrogen-bond donors (Lipinski definition) is 2. The van der Waals surface area contributed by atoms with Gasteiger partial charge in [0.25, 0.3) is 0 Å². The smallest absolute Gasteiger partial charge is 0.244 e. The van der Waals surface area contributed by atoms with Gasteiger partial charge in [-0.2, -0.15) is 0 Å². The molecule has 4 rings (SSSR count). The number of rotatable bonds is 8. The van der Waals surface area contributed by atoms with E-state index in [4.69, 9.17) is 18.9 Å². The summed E-state index contributed by atoms with van der Waals surface area (Å²) in [4.78, 5) is 24.4. The van der Waals surface area contributed by atoms with E-state index in [0.717, 1.165) is 11.1 Å². The Kier molecular flexibility index (Phi) is 6.53. The van der Waals surface area contributed by atoms with E-state index in [-0.39, 0.29) is 30.8 Å². The summed E-state index contributed by atoms with van der Waals surface area (Å²) < 4.78 is 21.2. The Bertz CT molecular complexity index is 1020. The fourth-order valence-electron chi connectivity index (χ4n) is 3.21. The molecule has 0 unspecified atom stereocenters. The summed E-state index contributed by atoms with van der Waals surface area (Å²) in [6.45, 7) is 5.17. The topological polar surface area (TPSA) is 95.1 Å². The van der Waals surface area contributed by atoms with Crippen LogP contribution in [0.4, 0.5) is 0 Å². The largest absolute Gasteiger partial charge is 0.454 e. The van der Waals surface area contributed by atoms with Crippen LogP contribution in [-0.2, 0) is 9.59 Å². The fourth-order valence-corrected chi connectivity index (χ4v) is 3.21. The lowest BCUT2D eigenvalue weighted by atomic mass is 9.93. The third kappa shape index (κ3) is 6.06. The van der Waals surface area contributed by atoms with Gasteiger partial charge in [-0.1, -0.05) is 26.0 Å². The van der Waals surface area contributed by atoms with E-state index in [0.29, 0.717) is 36.1 Å². The molecule has 33 heavy (non-hydrogen) atoms. The number of fused-ring (bicyclic) bond motifs is 2. The highest BCUT2D eigenvalue weighted by molar-refractivity contribution is 5.92. The molecule has 2 aliphatic heterocycles. The Hall–Kier alpha value is -3.94. The second-order valence-electron chi connectivity index (χ2n) is 8.49. The van der Waals surface area contributed by atoms with Crippen molar-refractivity contribution in [3.63, 3.8) is 0 Å². The Morgan fingerprint density at radius 1 is 0.758 bits per heavy atom. The zero-order valence-corrected chi connectivity index (χ0v) is 18.6. The van der Waals surface area contributed by atoms with Gasteiger partial charge in [0.05, 0.1) is 0 Å². The summed E-state index contributed by atoms with van der Waals surface area (Å²) in [7, 11) is 0. The van der Waals surface area contributed by atoms with Crippen molar-refractivity contribution in [3.05, 3.63) is 59.7 Å². The number of ether oxygens (including phenoxy) is 4. The zero-order valence-electron chi connectivity index (χ0n) is 18.6. The average Bonchev–Trinajstić information content (AvgIpc) is 3.47. The Morgan fingerprint density at radius 3 is 1.64 bits per heavy atom. The molecule has 2 aromatic carbocycles. The summed E-state index contributed by atoms with van der Waals surface area (Å²) >= 11 is 0. The highest BCUT2D eigenvalue weighted by Gasteiger charge is 2.19. The summed E-state index contributed by atoms with van der Waals surface area (Å²) in [6, 6.07) is 11.0. The molecule has 2 N–H and O–H groups in total. The molecule has 8 nitrogen and oxygen atoms in total. The summed E-state index contributed by atoms with van der Waals surface area (Å²) in [5, 5.41) is 5.75. The van der Waals surface area contributed by atoms with Gasteiger partial charge in [-0.05, 0) is 53.0 Å². The monoisotopic (exact) mass is 450 g/mol. The molecule has 172 valence electrons. The van der Waals surface area contributed by atoms with Gasteiger partial charge in [-0.15, -0.1) is 0 Å². The van der Waals surface area contributed by atoms with Crippen molar-refractivity contribution in [3.8, 4) is 23.0 Å². The van der Waals surface area contributed by atoms with Gasteiger partial charge in [0.2, 0.25) is 25.4 Å². The number of carbonyl (C=O) groups excluding carboxylic acids is 2. The number of hydrogen-bond acceptors (Lipinski definition) is 6. The van der Waals surface area contributed by atoms with Crippen LogP contribution in [0.2, 0.25) is 0 Å². The van der Waals surface area contributed by atoms with Crippen LogP contribution >= 0.6 is 0 Å². The predicted octanol–water partition coefficient (Wildman–Crippen LogP) is 3.13. The minimum atomic E-state index is -0.329. The Morgan fingerprint density at radius 2 is 1.18 bits per heavy atom. The second kappa shape index (κ2) is 9.68. The zero-order chi connectivity index (χ0) is 23.3. The summed E-state index contributed by atoms with van der Waals surface area (Å²) in [6.07, 6.45) is 6.38. The summed E-state index contributed by atoms with van der Waals surface area (Å²) in [5.74, 6) is 2.31. The normalized spacial score (nSPS) is 14.1. The third-order valence-electron chi connectivity index (χ3n) is 5.13. The highest BCUT2D eigenvalue weighted by atomic mass is 16.7. The molecular formula is C25H26N2O6. The van der Waals surface area contributed by atoms with Crippen LogP contribution in [0.5, 0.6) is 23.0 Å². The molecule has 0 fully saturated rings. The first-order valence-corrected chi connectivity index (χ1v) is 10.6. The molecule has 2 heterocycles. The molecule has 0 aliphatic carbocycles. The Labute approximate surface area is 192 Å². The van der Waals surface area contributed by atoms with Gasteiger partial charge in [-0.3, -0.25) is 9.59 Å². The first-order valence-electron chi connectivity index (χ1n) is 10.6. The van der Waals surface area contributed by atoms with Crippen LogP contribution in [0.3, 0.4) is 0 Å². The number of nitrogens with one attached hydrogen (secondary N) is 2. The number of carbonyl (C=O) groups is 2. The molecule has 0 bridgehead atoms. The highest BCUT2D eigenvalue weighted by Crippen LogP contribution is 2.33. The minimum absolute atomic E-state index is 0.211. The van der Waals surface area contributed by atoms with Gasteiger partial charge >= 0.3 is 0 Å². The maximum Gasteiger partial charge on any atom is 0.244 e. The van der Waals surface area contributed by atoms with Gasteiger partial charge in [0.1, 0.15) is 0 Å². The molecule has 0 saturated carbocycles. The minimum Gasteiger partial charge on any atom is -0.454 e. The maximum atomic E-state index is 12.2. The van der Waals surface area contributed by atoms with Crippen molar-refractivity contribution < 1.29 is 28.5 Å². The van der Waals surface area contributed by atoms with Crippen LogP contribution in [0.25, 0.3) is 12.2 Å². The third-order valence-corrected chi connectivity index (χ3v) is 5.13. The van der Waals surface area contributed by atoms with Crippen LogP contribution in [-0.4, -0.2) is 38.5 Å². The van der Waals surface area contributed by atoms with Crippen LogP contribution in [0.15, 0.2) is 48.6 Å². The molecule has 0 spiro atoms. The quantitative estimate of drug-likeness (QED) is 0.600. The standard InChI is InChI=1S/C25H26N2O6/c1-25(2,13-26-23(28)9-5-17-3-7-19-21(11-17)32-15-30-19)14-27-24(29)10-6-18-4-8-20-22(12-18)33-16-31-20/h3-12H,13-16H2,1-2H3,(H,26,28)(H,27,29)/b9-5+,10-6+. The molecule has 0 atom stereocenters. The lowest BCUT2D eigenvalue weighted by Gasteiger charge is -2.24. The van der Waals surface area contributed by atoms with E-state index in [1.54, 1.807) is 12.2 Å². The van der Waals surface area contributed by atoms with Gasteiger partial charge in [-0.25, -0.2) is 0 Å². The molecule has 2 aromatic rings. The lowest BCUT2D eigenvalue weighted by Crippen LogP contribution is -2.41. The molecule has 0 radical (unpaired) electrons. The summed E-state index contributed by atoms with van der Waals surface area (Å²) in [5.41, 5.74) is 1.36. The van der Waals surface area contributed by atoms with E-state index in [2.05, 4.69) is 10.6 Å². The van der Waals surface area contributed by atoms with E-state index >= 15 is 0 Å². The molecule has 0 aromatic heterocycles. The van der Waals surface area contributed by atoms with Crippen molar-refractivity contribution in [2.45, 2.75) is 13.8 Å². The molecule has 2 aliphatic rings. The maximum absolute atomic E-state index is 12.2. The predicted molar refractivity (Wildman–Crippen MR) is 123 cm³/mol. The van der Waals surface area contributed by atoms with Gasteiger partial charge < -0.3 is 29.6 Å². The van der Waals surface area contributed by atoms with Crippen LogP contribution in [0, 0.1) is 5.41 Å². The van der Waals surface area contributed by atoms with Crippen LogP contribution < -0.4 is 29.6 Å². The van der Waals surface area contributed by atoms with Crippen molar-refractivity contribution in [1.82, 2.24) is 10.6 Å². The Balaban J connectivity index is 1.20. The number of benzene rings is 2. The molecule has 0 saturated heterocycles. The van der Waals surface area contributed by atoms with E-state index in [1.165, 1.54) is 12.2 Å². The second-order valence-corrected chi connectivity index (χ2v) is 8.49. The fraction of sp³-hybridized carbons (Fsp3) is 0.280.